The number of hydrogen-bond donors (Lipinski definition) is 1. The highest BCUT2D eigenvalue weighted by atomic mass is 16.2. The van der Waals surface area contributed by atoms with Crippen molar-refractivity contribution in [3.63, 3.8) is 0 Å². The van der Waals surface area contributed by atoms with E-state index in [1.165, 1.54) is 11.6 Å². The first-order valence-corrected chi connectivity index (χ1v) is 7.24. The van der Waals surface area contributed by atoms with Gasteiger partial charge in [0.05, 0.1) is 0 Å². The first kappa shape index (κ1) is 15.5. The number of hydrogen-bond acceptors (Lipinski definition) is 4. The predicted octanol–water partition coefficient (Wildman–Crippen LogP) is -0.814. The molecule has 0 spiro atoms. The molecule has 116 valence electrons. The van der Waals surface area contributed by atoms with E-state index in [9.17, 15) is 14.4 Å². The summed E-state index contributed by atoms with van der Waals surface area (Å²) in [5.74, 6) is 0.161. The SMILES string of the molecule is Cn1cc(CNCCC(=O)N2CCCC2)c(=O)n(C)c1=O. The van der Waals surface area contributed by atoms with E-state index in [0.29, 0.717) is 25.1 Å². The number of likely N-dealkylation sites (tertiary alicyclic amines) is 1. The monoisotopic (exact) mass is 294 g/mol. The van der Waals surface area contributed by atoms with Crippen molar-refractivity contribution >= 4 is 5.91 Å². The standard InChI is InChI=1S/C14H22N4O3/c1-16-10-11(13(20)17(2)14(16)21)9-15-6-5-12(19)18-7-3-4-8-18/h10,15H,3-9H2,1-2H3. The Morgan fingerprint density at radius 2 is 1.90 bits per heavy atom. The van der Waals surface area contributed by atoms with Crippen molar-refractivity contribution in [2.45, 2.75) is 25.8 Å². The summed E-state index contributed by atoms with van der Waals surface area (Å²) >= 11 is 0. The molecule has 0 bridgehead atoms. The quantitative estimate of drug-likeness (QED) is 0.720. The molecule has 0 aromatic carbocycles. The van der Waals surface area contributed by atoms with E-state index in [0.717, 1.165) is 30.5 Å². The van der Waals surface area contributed by atoms with Gasteiger partial charge in [-0.3, -0.25) is 14.2 Å². The fraction of sp³-hybridized carbons (Fsp3) is 0.643. The number of carbonyl (C=O) groups is 1. The zero-order valence-electron chi connectivity index (χ0n) is 12.6. The van der Waals surface area contributed by atoms with Crippen LogP contribution in [0.25, 0.3) is 0 Å². The molecule has 2 rings (SSSR count). The van der Waals surface area contributed by atoms with E-state index < -0.39 is 0 Å². The van der Waals surface area contributed by atoms with Gasteiger partial charge in [0.15, 0.2) is 0 Å². The van der Waals surface area contributed by atoms with Gasteiger partial charge >= 0.3 is 5.69 Å². The molecule has 0 atom stereocenters. The molecule has 0 aliphatic carbocycles. The molecule has 1 aromatic heterocycles. The zero-order chi connectivity index (χ0) is 15.4. The third-order valence-electron chi connectivity index (χ3n) is 3.81. The van der Waals surface area contributed by atoms with Gasteiger partial charge in [-0.1, -0.05) is 0 Å². The molecule has 7 heteroatoms. The van der Waals surface area contributed by atoms with Crippen LogP contribution in [0, 0.1) is 0 Å². The van der Waals surface area contributed by atoms with Crippen molar-refractivity contribution < 1.29 is 4.79 Å². The van der Waals surface area contributed by atoms with Crippen LogP contribution in [-0.4, -0.2) is 39.6 Å². The second-order valence-electron chi connectivity index (χ2n) is 5.43. The van der Waals surface area contributed by atoms with Crippen molar-refractivity contribution in [3.05, 3.63) is 32.6 Å². The average Bonchev–Trinajstić information content (AvgIpc) is 3.00. The lowest BCUT2D eigenvalue weighted by Gasteiger charge is -2.15. The molecule has 7 nitrogen and oxygen atoms in total. The van der Waals surface area contributed by atoms with Crippen molar-refractivity contribution in [3.8, 4) is 0 Å². The highest BCUT2D eigenvalue weighted by Crippen LogP contribution is 2.08. The largest absolute Gasteiger partial charge is 0.343 e. The molecule has 21 heavy (non-hydrogen) atoms. The van der Waals surface area contributed by atoms with E-state index in [2.05, 4.69) is 5.32 Å². The van der Waals surface area contributed by atoms with E-state index in [1.807, 2.05) is 4.90 Å². The van der Waals surface area contributed by atoms with Gasteiger partial charge in [0.1, 0.15) is 0 Å². The van der Waals surface area contributed by atoms with Gasteiger partial charge in [0.2, 0.25) is 5.91 Å². The van der Waals surface area contributed by atoms with Crippen molar-refractivity contribution in [2.24, 2.45) is 14.1 Å². The smallest absolute Gasteiger partial charge is 0.330 e. The van der Waals surface area contributed by atoms with Gasteiger partial charge in [-0.25, -0.2) is 4.79 Å². The Hall–Kier alpha value is -1.89. The van der Waals surface area contributed by atoms with Gasteiger partial charge in [-0.05, 0) is 12.8 Å². The molecule has 0 radical (unpaired) electrons. The third kappa shape index (κ3) is 3.60. The summed E-state index contributed by atoms with van der Waals surface area (Å²) in [5, 5.41) is 3.09. The van der Waals surface area contributed by atoms with E-state index in [4.69, 9.17) is 0 Å². The molecule has 1 N–H and O–H groups in total. The highest BCUT2D eigenvalue weighted by Gasteiger charge is 2.17. The second kappa shape index (κ2) is 6.71. The molecule has 0 saturated carbocycles. The van der Waals surface area contributed by atoms with Crippen LogP contribution in [0.15, 0.2) is 15.8 Å². The van der Waals surface area contributed by atoms with Crippen LogP contribution < -0.4 is 16.6 Å². The molecule has 1 aromatic rings. The van der Waals surface area contributed by atoms with Gasteiger partial charge in [0, 0.05) is 58.5 Å². The Morgan fingerprint density at radius 3 is 2.57 bits per heavy atom. The van der Waals surface area contributed by atoms with Crippen LogP contribution in [0.1, 0.15) is 24.8 Å². The van der Waals surface area contributed by atoms with Crippen molar-refractivity contribution in [1.29, 1.82) is 0 Å². The lowest BCUT2D eigenvalue weighted by Crippen LogP contribution is -2.39. The number of nitrogens with one attached hydrogen (secondary N) is 1. The fourth-order valence-electron chi connectivity index (χ4n) is 2.55. The maximum atomic E-state index is 11.9. The summed E-state index contributed by atoms with van der Waals surface area (Å²) in [6.07, 6.45) is 4.16. The normalized spacial score (nSPS) is 14.7. The number of carbonyl (C=O) groups excluding carboxylic acids is 1. The first-order valence-electron chi connectivity index (χ1n) is 7.24. The number of amides is 1. The van der Waals surface area contributed by atoms with Crippen LogP contribution in [-0.2, 0) is 25.4 Å². The topological polar surface area (TPSA) is 76.3 Å². The van der Waals surface area contributed by atoms with Crippen molar-refractivity contribution in [2.75, 3.05) is 19.6 Å². The molecule has 1 saturated heterocycles. The average molecular weight is 294 g/mol. The highest BCUT2D eigenvalue weighted by molar-refractivity contribution is 5.76. The van der Waals surface area contributed by atoms with Crippen LogP contribution in [0.4, 0.5) is 0 Å². The molecule has 1 fully saturated rings. The minimum absolute atomic E-state index is 0.161. The Balaban J connectivity index is 1.85. The number of nitrogens with zero attached hydrogens (tertiary/aromatic N) is 3. The van der Waals surface area contributed by atoms with Gasteiger partial charge in [-0.15, -0.1) is 0 Å². The Labute approximate surface area is 123 Å². The van der Waals surface area contributed by atoms with Crippen LogP contribution in [0.2, 0.25) is 0 Å². The van der Waals surface area contributed by atoms with E-state index in [-0.39, 0.29) is 17.2 Å². The molecule has 1 aliphatic rings. The molecule has 1 amide bonds. The van der Waals surface area contributed by atoms with Crippen LogP contribution >= 0.6 is 0 Å². The minimum atomic E-state index is -0.340. The predicted molar refractivity (Wildman–Crippen MR) is 79.1 cm³/mol. The molecule has 0 unspecified atom stereocenters. The van der Waals surface area contributed by atoms with Crippen molar-refractivity contribution in [1.82, 2.24) is 19.4 Å². The van der Waals surface area contributed by atoms with Gasteiger partial charge < -0.3 is 14.8 Å². The molecule has 2 heterocycles. The third-order valence-corrected chi connectivity index (χ3v) is 3.81. The molecule has 1 aliphatic heterocycles. The fourth-order valence-corrected chi connectivity index (χ4v) is 2.55. The second-order valence-corrected chi connectivity index (χ2v) is 5.43. The summed E-state index contributed by atoms with van der Waals surface area (Å²) in [6.45, 7) is 2.61. The van der Waals surface area contributed by atoms with Gasteiger partial charge in [0.25, 0.3) is 5.56 Å². The number of rotatable bonds is 5. The Bertz CT molecular complexity index is 626. The summed E-state index contributed by atoms with van der Waals surface area (Å²) < 4.78 is 2.47. The van der Waals surface area contributed by atoms with Crippen LogP contribution in [0.3, 0.4) is 0 Å². The Kier molecular flexibility index (Phi) is 4.95. The van der Waals surface area contributed by atoms with Gasteiger partial charge in [-0.2, -0.15) is 0 Å². The molecular formula is C14H22N4O3. The number of aromatic nitrogens is 2. The minimum Gasteiger partial charge on any atom is -0.343 e. The lowest BCUT2D eigenvalue weighted by atomic mass is 10.3. The van der Waals surface area contributed by atoms with Crippen LogP contribution in [0.5, 0.6) is 0 Å². The van der Waals surface area contributed by atoms with E-state index in [1.54, 1.807) is 13.2 Å². The first-order chi connectivity index (χ1) is 10.0. The number of aryl methyl sites for hydroxylation is 1. The summed E-state index contributed by atoms with van der Waals surface area (Å²) in [7, 11) is 3.08. The zero-order valence-corrected chi connectivity index (χ0v) is 12.6. The summed E-state index contributed by atoms with van der Waals surface area (Å²) in [5.41, 5.74) is -0.113. The summed E-state index contributed by atoms with van der Waals surface area (Å²) in [4.78, 5) is 37.2. The molecular weight excluding hydrogens is 272 g/mol. The lowest BCUT2D eigenvalue weighted by molar-refractivity contribution is -0.130. The van der Waals surface area contributed by atoms with E-state index >= 15 is 0 Å². The maximum absolute atomic E-state index is 11.9. The maximum Gasteiger partial charge on any atom is 0.330 e. The summed E-state index contributed by atoms with van der Waals surface area (Å²) in [6, 6.07) is 0. The Morgan fingerprint density at radius 1 is 1.24 bits per heavy atom.